The summed E-state index contributed by atoms with van der Waals surface area (Å²) in [5.41, 5.74) is 3.70. The van der Waals surface area contributed by atoms with Gasteiger partial charge in [0.25, 0.3) is 11.6 Å². The molecule has 164 valence electrons. The number of carbonyl (C=O) groups excluding carboxylic acids is 1. The minimum Gasteiger partial charge on any atom is -0.481 e. The molecule has 2 aromatic heterocycles. The molecule has 0 bridgehead atoms. The quantitative estimate of drug-likeness (QED) is 0.249. The van der Waals surface area contributed by atoms with Crippen molar-refractivity contribution >= 4 is 28.7 Å². The molecule has 0 fully saturated rings. The van der Waals surface area contributed by atoms with Gasteiger partial charge in [0.15, 0.2) is 6.61 Å². The topological polar surface area (TPSA) is 129 Å². The van der Waals surface area contributed by atoms with E-state index in [4.69, 9.17) is 9.47 Å². The van der Waals surface area contributed by atoms with Crippen molar-refractivity contribution in [3.05, 3.63) is 94.8 Å². The maximum atomic E-state index is 12.0. The molecule has 4 rings (SSSR count). The van der Waals surface area contributed by atoms with Crippen LogP contribution in [0.5, 0.6) is 17.4 Å². The second-order valence-electron chi connectivity index (χ2n) is 6.70. The molecule has 0 spiro atoms. The fourth-order valence-electron chi connectivity index (χ4n) is 2.83. The van der Waals surface area contributed by atoms with Crippen LogP contribution in [0.3, 0.4) is 0 Å². The minimum atomic E-state index is -0.531. The number of hydrazone groups is 1. The smallest absolute Gasteiger partial charge is 0.287 e. The number of aromatic nitrogens is 2. The molecule has 0 unspecified atom stereocenters. The molecule has 2 aromatic carbocycles. The Labute approximate surface area is 187 Å². The highest BCUT2D eigenvalue weighted by Gasteiger charge is 2.07. The summed E-state index contributed by atoms with van der Waals surface area (Å²) in [4.78, 5) is 30.3. The number of nitrogens with zero attached hydrogens (tertiary/aromatic N) is 4. The van der Waals surface area contributed by atoms with Gasteiger partial charge in [0.05, 0.1) is 11.1 Å². The van der Waals surface area contributed by atoms with Crippen molar-refractivity contribution in [1.29, 1.82) is 0 Å². The van der Waals surface area contributed by atoms with Crippen LogP contribution in [0.4, 0.5) is 5.69 Å². The van der Waals surface area contributed by atoms with E-state index in [-0.39, 0.29) is 18.2 Å². The van der Waals surface area contributed by atoms with Crippen molar-refractivity contribution < 1.29 is 19.2 Å². The summed E-state index contributed by atoms with van der Waals surface area (Å²) in [6, 6.07) is 18.8. The molecule has 0 radical (unpaired) electrons. The first-order chi connectivity index (χ1) is 16.1. The molecule has 0 aliphatic rings. The highest BCUT2D eigenvalue weighted by molar-refractivity contribution is 5.85. The first-order valence-electron chi connectivity index (χ1n) is 9.75. The molecule has 0 atom stereocenters. The summed E-state index contributed by atoms with van der Waals surface area (Å²) in [6.45, 7) is -0.206. The van der Waals surface area contributed by atoms with Crippen molar-refractivity contribution in [1.82, 2.24) is 15.4 Å². The summed E-state index contributed by atoms with van der Waals surface area (Å²) >= 11 is 0. The van der Waals surface area contributed by atoms with Gasteiger partial charge in [0.2, 0.25) is 5.88 Å². The van der Waals surface area contributed by atoms with E-state index >= 15 is 0 Å². The third-order valence-corrected chi connectivity index (χ3v) is 4.39. The van der Waals surface area contributed by atoms with Crippen molar-refractivity contribution in [2.45, 2.75) is 0 Å². The number of benzene rings is 2. The van der Waals surface area contributed by atoms with Gasteiger partial charge >= 0.3 is 0 Å². The molecule has 4 aromatic rings. The van der Waals surface area contributed by atoms with Crippen molar-refractivity contribution in [2.75, 3.05) is 6.61 Å². The van der Waals surface area contributed by atoms with Gasteiger partial charge in [-0.1, -0.05) is 18.2 Å². The average molecular weight is 443 g/mol. The molecule has 10 heteroatoms. The summed E-state index contributed by atoms with van der Waals surface area (Å²) < 4.78 is 11.1. The van der Waals surface area contributed by atoms with Crippen LogP contribution < -0.4 is 14.9 Å². The monoisotopic (exact) mass is 443 g/mol. The average Bonchev–Trinajstić information content (AvgIpc) is 2.84. The Morgan fingerprint density at radius 3 is 2.64 bits per heavy atom. The number of fused-ring (bicyclic) bond motifs is 1. The third kappa shape index (κ3) is 5.64. The molecule has 2 heterocycles. The van der Waals surface area contributed by atoms with Crippen LogP contribution in [-0.2, 0) is 4.79 Å². The lowest BCUT2D eigenvalue weighted by Crippen LogP contribution is -2.24. The lowest BCUT2D eigenvalue weighted by molar-refractivity contribution is -0.385. The Morgan fingerprint density at radius 2 is 1.88 bits per heavy atom. The van der Waals surface area contributed by atoms with E-state index < -0.39 is 10.8 Å². The molecule has 1 amide bonds. The SMILES string of the molecule is O=C(COc1cccc2cccnc12)N/N=C\c1ccc(Oc2ccc([N+](=O)[O-])cn2)cc1. The van der Waals surface area contributed by atoms with Crippen LogP contribution in [0.1, 0.15) is 5.56 Å². The second-order valence-corrected chi connectivity index (χ2v) is 6.70. The zero-order valence-corrected chi connectivity index (χ0v) is 17.1. The molecular formula is C23H17N5O5. The predicted octanol–water partition coefficient (Wildman–Crippen LogP) is 3.86. The van der Waals surface area contributed by atoms with Crippen molar-refractivity contribution in [2.24, 2.45) is 5.10 Å². The Balaban J connectivity index is 1.27. The van der Waals surface area contributed by atoms with E-state index in [0.29, 0.717) is 17.0 Å². The number of hydrogen-bond donors (Lipinski definition) is 1. The minimum absolute atomic E-state index is 0.116. The maximum absolute atomic E-state index is 12.0. The van der Waals surface area contributed by atoms with E-state index in [0.717, 1.165) is 17.1 Å². The fourth-order valence-corrected chi connectivity index (χ4v) is 2.83. The Bertz CT molecular complexity index is 1300. The van der Waals surface area contributed by atoms with Crippen LogP contribution in [0.25, 0.3) is 10.9 Å². The van der Waals surface area contributed by atoms with Crippen LogP contribution in [-0.4, -0.2) is 33.6 Å². The zero-order valence-electron chi connectivity index (χ0n) is 17.1. The number of amides is 1. The first-order valence-corrected chi connectivity index (χ1v) is 9.75. The van der Waals surface area contributed by atoms with Crippen molar-refractivity contribution in [3.8, 4) is 17.4 Å². The van der Waals surface area contributed by atoms with E-state index in [1.54, 1.807) is 36.5 Å². The number of para-hydroxylation sites is 1. The number of nitrogens with one attached hydrogen (secondary N) is 1. The van der Waals surface area contributed by atoms with Gasteiger partial charge in [-0.25, -0.2) is 10.4 Å². The summed E-state index contributed by atoms with van der Waals surface area (Å²) in [5, 5.41) is 15.5. The summed E-state index contributed by atoms with van der Waals surface area (Å²) in [7, 11) is 0. The Kier molecular flexibility index (Phi) is 6.45. The normalized spacial score (nSPS) is 10.8. The Hall–Kier alpha value is -4.86. The summed E-state index contributed by atoms with van der Waals surface area (Å²) in [5.74, 6) is 0.832. The highest BCUT2D eigenvalue weighted by atomic mass is 16.6. The molecule has 1 N–H and O–H groups in total. The van der Waals surface area contributed by atoms with Gasteiger partial charge in [-0.2, -0.15) is 5.10 Å². The fraction of sp³-hybridized carbons (Fsp3) is 0.0435. The number of carbonyl (C=O) groups is 1. The number of hydrogen-bond acceptors (Lipinski definition) is 8. The standard InChI is InChI=1S/C23H17N5O5/c29-21(15-32-20-5-1-3-17-4-2-12-24-23(17)20)27-26-13-16-6-9-19(10-7-16)33-22-11-8-18(14-25-22)28(30)31/h1-14H,15H2,(H,27,29)/b26-13-. The van der Waals surface area contributed by atoms with Crippen LogP contribution >= 0.6 is 0 Å². The lowest BCUT2D eigenvalue weighted by Gasteiger charge is -2.07. The van der Waals surface area contributed by atoms with Gasteiger partial charge in [-0.05, 0) is 42.0 Å². The number of pyridine rings is 2. The lowest BCUT2D eigenvalue weighted by atomic mass is 10.2. The van der Waals surface area contributed by atoms with Gasteiger partial charge < -0.3 is 9.47 Å². The number of ether oxygens (including phenoxy) is 2. The van der Waals surface area contributed by atoms with E-state index in [1.807, 2.05) is 24.3 Å². The molecule has 33 heavy (non-hydrogen) atoms. The molecule has 0 aliphatic carbocycles. The van der Waals surface area contributed by atoms with Crippen LogP contribution in [0.15, 0.2) is 84.2 Å². The van der Waals surface area contributed by atoms with Crippen LogP contribution in [0, 0.1) is 10.1 Å². The second kappa shape index (κ2) is 9.96. The van der Waals surface area contributed by atoms with Gasteiger partial charge in [0, 0.05) is 23.7 Å². The van der Waals surface area contributed by atoms with Gasteiger partial charge in [-0.15, -0.1) is 0 Å². The van der Waals surface area contributed by atoms with Crippen LogP contribution in [0.2, 0.25) is 0 Å². The zero-order chi connectivity index (χ0) is 23.0. The first kappa shape index (κ1) is 21.4. The largest absolute Gasteiger partial charge is 0.481 e. The van der Waals surface area contributed by atoms with Gasteiger partial charge in [-0.3, -0.25) is 19.9 Å². The van der Waals surface area contributed by atoms with Crippen molar-refractivity contribution in [3.63, 3.8) is 0 Å². The molecule has 0 aliphatic heterocycles. The Morgan fingerprint density at radius 1 is 1.06 bits per heavy atom. The molecule has 0 saturated carbocycles. The number of nitro groups is 1. The molecule has 10 nitrogen and oxygen atoms in total. The van der Waals surface area contributed by atoms with E-state index in [9.17, 15) is 14.9 Å². The van der Waals surface area contributed by atoms with E-state index in [2.05, 4.69) is 20.5 Å². The predicted molar refractivity (Wildman–Crippen MR) is 120 cm³/mol. The highest BCUT2D eigenvalue weighted by Crippen LogP contribution is 2.23. The summed E-state index contributed by atoms with van der Waals surface area (Å²) in [6.07, 6.45) is 4.27. The van der Waals surface area contributed by atoms with Gasteiger partial charge in [0.1, 0.15) is 23.2 Å². The number of rotatable bonds is 8. The third-order valence-electron chi connectivity index (χ3n) is 4.39. The van der Waals surface area contributed by atoms with E-state index in [1.165, 1.54) is 18.3 Å². The maximum Gasteiger partial charge on any atom is 0.287 e. The molecule has 0 saturated heterocycles. The molecular weight excluding hydrogens is 426 g/mol.